The Balaban J connectivity index is 2.30. The molecule has 1 atom stereocenters. The van der Waals surface area contributed by atoms with E-state index in [1.165, 1.54) is 17.8 Å². The molecule has 0 spiro atoms. The number of rotatable bonds is 7. The Kier molecular flexibility index (Phi) is 6.47. The van der Waals surface area contributed by atoms with Gasteiger partial charge in [0, 0.05) is 5.69 Å². The molecule has 1 aromatic rings. The SMILES string of the molecule is Cc1ccc(NC(=O)CSCCC(N)C(=O)O)cc1F. The number of carbonyl (C=O) groups is 2. The Hall–Kier alpha value is -1.60. The van der Waals surface area contributed by atoms with Crippen molar-refractivity contribution in [3.05, 3.63) is 29.6 Å². The summed E-state index contributed by atoms with van der Waals surface area (Å²) < 4.78 is 13.3. The molecule has 0 saturated carbocycles. The van der Waals surface area contributed by atoms with Crippen LogP contribution in [0.4, 0.5) is 10.1 Å². The van der Waals surface area contributed by atoms with Crippen molar-refractivity contribution in [2.24, 2.45) is 5.73 Å². The third-order valence-corrected chi connectivity index (χ3v) is 3.57. The van der Waals surface area contributed by atoms with Crippen molar-refractivity contribution < 1.29 is 19.1 Å². The largest absolute Gasteiger partial charge is 0.480 e. The molecule has 1 unspecified atom stereocenters. The molecule has 0 aromatic heterocycles. The maximum absolute atomic E-state index is 13.3. The highest BCUT2D eigenvalue weighted by atomic mass is 32.2. The van der Waals surface area contributed by atoms with Crippen molar-refractivity contribution in [2.45, 2.75) is 19.4 Å². The molecule has 1 amide bonds. The number of halogens is 1. The van der Waals surface area contributed by atoms with Gasteiger partial charge in [0.25, 0.3) is 0 Å². The van der Waals surface area contributed by atoms with Gasteiger partial charge in [-0.1, -0.05) is 6.07 Å². The maximum atomic E-state index is 13.3. The molecule has 0 fully saturated rings. The molecular weight excluding hydrogens is 283 g/mol. The number of thioether (sulfide) groups is 1. The fraction of sp³-hybridized carbons (Fsp3) is 0.385. The van der Waals surface area contributed by atoms with Crippen LogP contribution in [0.5, 0.6) is 0 Å². The molecule has 0 aliphatic rings. The minimum Gasteiger partial charge on any atom is -0.480 e. The van der Waals surface area contributed by atoms with E-state index in [0.29, 0.717) is 23.4 Å². The zero-order chi connectivity index (χ0) is 15.1. The molecule has 0 aliphatic carbocycles. The molecule has 0 radical (unpaired) electrons. The number of benzene rings is 1. The summed E-state index contributed by atoms with van der Waals surface area (Å²) in [5, 5.41) is 11.2. The molecule has 1 aromatic carbocycles. The normalized spacial score (nSPS) is 11.9. The number of nitrogens with one attached hydrogen (secondary N) is 1. The second kappa shape index (κ2) is 7.86. The summed E-state index contributed by atoms with van der Waals surface area (Å²) in [6.45, 7) is 1.64. The predicted molar refractivity (Wildman–Crippen MR) is 77.3 cm³/mol. The van der Waals surface area contributed by atoms with E-state index in [4.69, 9.17) is 10.8 Å². The Morgan fingerprint density at radius 3 is 2.80 bits per heavy atom. The summed E-state index contributed by atoms with van der Waals surface area (Å²) in [6.07, 6.45) is 0.298. The van der Waals surface area contributed by atoms with Crippen molar-refractivity contribution in [1.82, 2.24) is 0 Å². The van der Waals surface area contributed by atoms with Gasteiger partial charge in [0.1, 0.15) is 11.9 Å². The lowest BCUT2D eigenvalue weighted by Gasteiger charge is -2.07. The quantitative estimate of drug-likeness (QED) is 0.665. The van der Waals surface area contributed by atoms with Gasteiger partial charge in [0.05, 0.1) is 5.75 Å². The molecule has 7 heteroatoms. The minimum atomic E-state index is -1.05. The van der Waals surface area contributed by atoms with Crippen LogP contribution in [0.3, 0.4) is 0 Å². The van der Waals surface area contributed by atoms with Crippen molar-refractivity contribution >= 4 is 29.3 Å². The van der Waals surface area contributed by atoms with Gasteiger partial charge in [-0.25, -0.2) is 4.39 Å². The fourth-order valence-electron chi connectivity index (χ4n) is 1.37. The van der Waals surface area contributed by atoms with E-state index in [1.54, 1.807) is 19.1 Å². The molecule has 4 N–H and O–H groups in total. The summed E-state index contributed by atoms with van der Waals surface area (Å²) in [6, 6.07) is 3.57. The van der Waals surface area contributed by atoms with E-state index in [9.17, 15) is 14.0 Å². The number of anilines is 1. The van der Waals surface area contributed by atoms with E-state index < -0.39 is 12.0 Å². The van der Waals surface area contributed by atoms with Gasteiger partial charge < -0.3 is 16.2 Å². The van der Waals surface area contributed by atoms with Gasteiger partial charge in [0.15, 0.2) is 0 Å². The van der Waals surface area contributed by atoms with Crippen LogP contribution >= 0.6 is 11.8 Å². The highest BCUT2D eigenvalue weighted by molar-refractivity contribution is 7.99. The number of amides is 1. The molecule has 1 rings (SSSR count). The van der Waals surface area contributed by atoms with Crippen molar-refractivity contribution in [3.8, 4) is 0 Å². The molecule has 110 valence electrons. The van der Waals surface area contributed by atoms with Crippen LogP contribution < -0.4 is 11.1 Å². The number of aryl methyl sites for hydroxylation is 1. The Morgan fingerprint density at radius 1 is 1.50 bits per heavy atom. The lowest BCUT2D eigenvalue weighted by molar-refractivity contribution is -0.138. The van der Waals surface area contributed by atoms with Crippen molar-refractivity contribution in [1.29, 1.82) is 0 Å². The lowest BCUT2D eigenvalue weighted by atomic mass is 10.2. The maximum Gasteiger partial charge on any atom is 0.320 e. The smallest absolute Gasteiger partial charge is 0.320 e. The van der Waals surface area contributed by atoms with E-state index in [-0.39, 0.29) is 17.5 Å². The summed E-state index contributed by atoms with van der Waals surface area (Å²) in [5.74, 6) is -1.04. The number of aliphatic carboxylic acids is 1. The van der Waals surface area contributed by atoms with Gasteiger partial charge in [-0.2, -0.15) is 11.8 Å². The van der Waals surface area contributed by atoms with Crippen LogP contribution in [0.2, 0.25) is 0 Å². The summed E-state index contributed by atoms with van der Waals surface area (Å²) >= 11 is 1.28. The molecule has 0 saturated heterocycles. The third-order valence-electron chi connectivity index (χ3n) is 2.58. The number of carbonyl (C=O) groups excluding carboxylic acids is 1. The first kappa shape index (κ1) is 16.5. The average molecular weight is 300 g/mol. The highest BCUT2D eigenvalue weighted by Gasteiger charge is 2.11. The molecule has 0 aliphatic heterocycles. The molecule has 0 bridgehead atoms. The van der Waals surface area contributed by atoms with Crippen LogP contribution in [0.25, 0.3) is 0 Å². The number of carboxylic acids is 1. The molecular formula is C13H17FN2O3S. The van der Waals surface area contributed by atoms with Gasteiger partial charge in [-0.3, -0.25) is 9.59 Å². The van der Waals surface area contributed by atoms with E-state index >= 15 is 0 Å². The summed E-state index contributed by atoms with van der Waals surface area (Å²) in [5.41, 5.74) is 6.25. The Bertz CT molecular complexity index is 497. The van der Waals surface area contributed by atoms with Crippen LogP contribution in [0, 0.1) is 12.7 Å². The minimum absolute atomic E-state index is 0.168. The van der Waals surface area contributed by atoms with Gasteiger partial charge in [-0.05, 0) is 36.8 Å². The fourth-order valence-corrected chi connectivity index (χ4v) is 2.19. The van der Waals surface area contributed by atoms with Gasteiger partial charge >= 0.3 is 5.97 Å². The summed E-state index contributed by atoms with van der Waals surface area (Å²) in [7, 11) is 0. The van der Waals surface area contributed by atoms with E-state index in [1.807, 2.05) is 0 Å². The first-order chi connectivity index (χ1) is 9.40. The number of hydrogen-bond donors (Lipinski definition) is 3. The van der Waals surface area contributed by atoms with Crippen LogP contribution in [-0.4, -0.2) is 34.5 Å². The monoisotopic (exact) mass is 300 g/mol. The summed E-state index contributed by atoms with van der Waals surface area (Å²) in [4.78, 5) is 22.1. The van der Waals surface area contributed by atoms with Crippen molar-refractivity contribution in [2.75, 3.05) is 16.8 Å². The topological polar surface area (TPSA) is 92.4 Å². The Morgan fingerprint density at radius 2 is 2.20 bits per heavy atom. The Labute approximate surface area is 120 Å². The lowest BCUT2D eigenvalue weighted by Crippen LogP contribution is -2.30. The molecule has 0 heterocycles. The average Bonchev–Trinajstić information content (AvgIpc) is 2.38. The van der Waals surface area contributed by atoms with Crippen LogP contribution in [0.1, 0.15) is 12.0 Å². The number of hydrogen-bond acceptors (Lipinski definition) is 4. The highest BCUT2D eigenvalue weighted by Crippen LogP contribution is 2.14. The number of nitrogens with two attached hydrogens (primary N) is 1. The van der Waals surface area contributed by atoms with Gasteiger partial charge in [0.2, 0.25) is 5.91 Å². The van der Waals surface area contributed by atoms with Crippen molar-refractivity contribution in [3.63, 3.8) is 0 Å². The predicted octanol–water partition coefficient (Wildman–Crippen LogP) is 1.61. The second-order valence-electron chi connectivity index (χ2n) is 4.30. The zero-order valence-electron chi connectivity index (χ0n) is 11.1. The standard InChI is InChI=1S/C13H17FN2O3S/c1-8-2-3-9(6-10(8)14)16-12(17)7-20-5-4-11(15)13(18)19/h2-3,6,11H,4-5,7,15H2,1H3,(H,16,17)(H,18,19). The van der Waals surface area contributed by atoms with Crippen LogP contribution in [0.15, 0.2) is 18.2 Å². The zero-order valence-corrected chi connectivity index (χ0v) is 11.9. The third kappa shape index (κ3) is 5.58. The second-order valence-corrected chi connectivity index (χ2v) is 5.40. The van der Waals surface area contributed by atoms with Gasteiger partial charge in [-0.15, -0.1) is 0 Å². The molecule has 20 heavy (non-hydrogen) atoms. The first-order valence-electron chi connectivity index (χ1n) is 6.02. The van der Waals surface area contributed by atoms with Crippen LogP contribution in [-0.2, 0) is 9.59 Å². The molecule has 5 nitrogen and oxygen atoms in total. The first-order valence-corrected chi connectivity index (χ1v) is 7.17. The van der Waals surface area contributed by atoms with E-state index in [2.05, 4.69) is 5.32 Å². The number of carboxylic acid groups (broad SMARTS) is 1. The van der Waals surface area contributed by atoms with E-state index in [0.717, 1.165) is 0 Å².